The lowest BCUT2D eigenvalue weighted by atomic mass is 9.69. The highest BCUT2D eigenvalue weighted by Gasteiger charge is 2.57. The van der Waals surface area contributed by atoms with Gasteiger partial charge in [0.25, 0.3) is 0 Å². The number of ether oxygens (including phenoxy) is 2. The first-order valence-electron chi connectivity index (χ1n) is 13.8. The molecule has 6 nitrogen and oxygen atoms in total. The number of rotatable bonds is 9. The Morgan fingerprint density at radius 2 is 1.85 bits per heavy atom. The van der Waals surface area contributed by atoms with Crippen LogP contribution in [0.5, 0.6) is 11.5 Å². The van der Waals surface area contributed by atoms with E-state index >= 15 is 0 Å². The zero-order valence-electron chi connectivity index (χ0n) is 22.5. The van der Waals surface area contributed by atoms with Gasteiger partial charge in [0.05, 0.1) is 31.1 Å². The number of aromatic hydroxyl groups is 1. The molecule has 40 heavy (non-hydrogen) atoms. The van der Waals surface area contributed by atoms with Crippen LogP contribution in [0, 0.1) is 17.8 Å². The molecule has 2 amide bonds. The van der Waals surface area contributed by atoms with Gasteiger partial charge in [-0.3, -0.25) is 14.5 Å². The lowest BCUT2D eigenvalue weighted by Crippen LogP contribution is -2.35. The van der Waals surface area contributed by atoms with Crippen molar-refractivity contribution >= 4 is 29.2 Å². The maximum atomic E-state index is 13.7. The van der Waals surface area contributed by atoms with Crippen molar-refractivity contribution in [3.05, 3.63) is 99.3 Å². The zero-order valence-corrected chi connectivity index (χ0v) is 23.3. The molecule has 2 saturated heterocycles. The second kappa shape index (κ2) is 11.4. The molecule has 1 aliphatic carbocycles. The molecule has 0 radical (unpaired) electrons. The molecule has 206 valence electrons. The first kappa shape index (κ1) is 26.5. The van der Waals surface area contributed by atoms with E-state index in [9.17, 15) is 14.7 Å². The van der Waals surface area contributed by atoms with Crippen molar-refractivity contribution in [1.29, 1.82) is 0 Å². The first-order valence-corrected chi connectivity index (χ1v) is 14.7. The van der Waals surface area contributed by atoms with Crippen LogP contribution in [0.25, 0.3) is 6.08 Å². The van der Waals surface area contributed by atoms with Crippen LogP contribution in [0.1, 0.15) is 36.6 Å². The summed E-state index contributed by atoms with van der Waals surface area (Å²) in [6, 6.07) is 20.8. The van der Waals surface area contributed by atoms with Gasteiger partial charge in [-0.05, 0) is 78.6 Å². The average Bonchev–Trinajstić information content (AvgIpc) is 3.69. The Morgan fingerprint density at radius 1 is 1.05 bits per heavy atom. The standard InChI is InChI=1S/C33H33NO5S/c1-21(16-22-10-12-24(35)13-11-22)9-14-29-30-23(19-38-25-6-3-2-4-7-25)17-27-31(28(30)20-39-29)33(37)34(32(27)36)18-26-8-5-15-40-26/h2-8,10-13,15-16,27-29,31,35H,9,14,17-20H2,1H3/b21-16+/t27-,28+,29-,31-/m1/s1. The van der Waals surface area contributed by atoms with Gasteiger partial charge in [0.1, 0.15) is 18.1 Å². The van der Waals surface area contributed by atoms with Gasteiger partial charge in [-0.1, -0.05) is 48.0 Å². The second-order valence-electron chi connectivity index (χ2n) is 10.9. The van der Waals surface area contributed by atoms with Crippen molar-refractivity contribution in [2.24, 2.45) is 17.8 Å². The molecule has 0 bridgehead atoms. The summed E-state index contributed by atoms with van der Waals surface area (Å²) in [6.07, 6.45) is 4.16. The number of benzene rings is 2. The largest absolute Gasteiger partial charge is 0.508 e. The van der Waals surface area contributed by atoms with Gasteiger partial charge in [-0.2, -0.15) is 0 Å². The molecule has 3 aliphatic rings. The summed E-state index contributed by atoms with van der Waals surface area (Å²) in [5.41, 5.74) is 4.51. The highest BCUT2D eigenvalue weighted by atomic mass is 32.1. The number of hydrogen-bond donors (Lipinski definition) is 1. The van der Waals surface area contributed by atoms with Crippen LogP contribution >= 0.6 is 11.3 Å². The number of likely N-dealkylation sites (tertiary alicyclic amines) is 1. The number of nitrogens with zero attached hydrogens (tertiary/aromatic N) is 1. The van der Waals surface area contributed by atoms with Gasteiger partial charge in [0, 0.05) is 10.8 Å². The van der Waals surface area contributed by atoms with Gasteiger partial charge in [0.15, 0.2) is 0 Å². The van der Waals surface area contributed by atoms with Gasteiger partial charge >= 0.3 is 0 Å². The Hall–Kier alpha value is -3.68. The number of phenolic OH excluding ortho intramolecular Hbond substituents is 1. The number of para-hydroxylation sites is 1. The second-order valence-corrected chi connectivity index (χ2v) is 11.9. The van der Waals surface area contributed by atoms with E-state index in [0.29, 0.717) is 26.2 Å². The van der Waals surface area contributed by atoms with Crippen LogP contribution in [0.2, 0.25) is 0 Å². The molecule has 2 fully saturated rings. The number of fused-ring (bicyclic) bond motifs is 3. The Labute approximate surface area is 238 Å². The Bertz CT molecular complexity index is 1430. The number of hydrogen-bond acceptors (Lipinski definition) is 6. The molecule has 0 saturated carbocycles. The summed E-state index contributed by atoms with van der Waals surface area (Å²) in [6.45, 7) is 3.27. The van der Waals surface area contributed by atoms with Gasteiger partial charge < -0.3 is 14.6 Å². The number of imide groups is 1. The lowest BCUT2D eigenvalue weighted by Gasteiger charge is -2.31. The van der Waals surface area contributed by atoms with E-state index in [4.69, 9.17) is 9.47 Å². The molecule has 4 atom stereocenters. The first-order chi connectivity index (χ1) is 19.5. The van der Waals surface area contributed by atoms with E-state index < -0.39 is 0 Å². The smallest absolute Gasteiger partial charge is 0.234 e. The average molecular weight is 556 g/mol. The topological polar surface area (TPSA) is 76.1 Å². The predicted molar refractivity (Wildman–Crippen MR) is 155 cm³/mol. The van der Waals surface area contributed by atoms with Crippen molar-refractivity contribution < 1.29 is 24.2 Å². The predicted octanol–water partition coefficient (Wildman–Crippen LogP) is 6.23. The number of amides is 2. The maximum Gasteiger partial charge on any atom is 0.234 e. The molecular formula is C33H33NO5S. The molecule has 6 rings (SSSR count). The number of carbonyl (C=O) groups excluding carboxylic acids is 2. The van der Waals surface area contributed by atoms with Crippen molar-refractivity contribution in [3.63, 3.8) is 0 Å². The van der Waals surface area contributed by atoms with Gasteiger partial charge in [-0.25, -0.2) is 0 Å². The highest BCUT2D eigenvalue weighted by Crippen LogP contribution is 2.50. The fourth-order valence-electron chi connectivity index (χ4n) is 6.36. The van der Waals surface area contributed by atoms with Crippen molar-refractivity contribution in [3.8, 4) is 11.5 Å². The third-order valence-corrected chi connectivity index (χ3v) is 9.12. The molecule has 2 aromatic carbocycles. The summed E-state index contributed by atoms with van der Waals surface area (Å²) < 4.78 is 12.6. The summed E-state index contributed by atoms with van der Waals surface area (Å²) in [5, 5.41) is 11.5. The number of phenols is 1. The van der Waals surface area contributed by atoms with E-state index in [1.807, 2.05) is 60.0 Å². The van der Waals surface area contributed by atoms with E-state index in [0.717, 1.165) is 40.2 Å². The Balaban J connectivity index is 1.24. The molecule has 3 aromatic rings. The minimum atomic E-state index is -0.374. The summed E-state index contributed by atoms with van der Waals surface area (Å²) in [4.78, 5) is 29.7. The molecule has 7 heteroatoms. The quantitative estimate of drug-likeness (QED) is 0.250. The summed E-state index contributed by atoms with van der Waals surface area (Å²) >= 11 is 1.56. The molecule has 1 N–H and O–H groups in total. The molecule has 0 spiro atoms. The van der Waals surface area contributed by atoms with E-state index in [-0.39, 0.29) is 41.4 Å². The Morgan fingerprint density at radius 3 is 2.60 bits per heavy atom. The van der Waals surface area contributed by atoms with Gasteiger partial charge in [-0.15, -0.1) is 11.3 Å². The van der Waals surface area contributed by atoms with Crippen LogP contribution in [0.3, 0.4) is 0 Å². The van der Waals surface area contributed by atoms with Crippen LogP contribution in [0.15, 0.2) is 88.8 Å². The number of carbonyl (C=O) groups is 2. The monoisotopic (exact) mass is 555 g/mol. The fourth-order valence-corrected chi connectivity index (χ4v) is 7.05. The minimum Gasteiger partial charge on any atom is -0.508 e. The van der Waals surface area contributed by atoms with Crippen molar-refractivity contribution in [2.75, 3.05) is 13.2 Å². The van der Waals surface area contributed by atoms with Gasteiger partial charge in [0.2, 0.25) is 11.8 Å². The highest BCUT2D eigenvalue weighted by molar-refractivity contribution is 7.09. The van der Waals surface area contributed by atoms with Crippen LogP contribution in [-0.4, -0.2) is 41.1 Å². The Kier molecular flexibility index (Phi) is 7.59. The van der Waals surface area contributed by atoms with Crippen molar-refractivity contribution in [1.82, 2.24) is 4.90 Å². The number of thiophene rings is 1. The third-order valence-electron chi connectivity index (χ3n) is 8.26. The zero-order chi connectivity index (χ0) is 27.6. The molecule has 1 aromatic heterocycles. The SMILES string of the molecule is C/C(=C\c1ccc(O)cc1)CC[C@H]1OC[C@H]2C1=C(COc1ccccc1)C[C@H]1C(=O)N(Cc3cccs3)C(=O)[C@H]12. The fraction of sp³-hybridized carbons (Fsp3) is 0.333. The maximum absolute atomic E-state index is 13.7. The van der Waals surface area contributed by atoms with Crippen molar-refractivity contribution in [2.45, 2.75) is 38.8 Å². The van der Waals surface area contributed by atoms with E-state index in [2.05, 4.69) is 13.0 Å². The molecule has 3 heterocycles. The normalized spacial score (nSPS) is 24.4. The van der Waals surface area contributed by atoms with E-state index in [1.54, 1.807) is 23.5 Å². The minimum absolute atomic E-state index is 0.0680. The molecular weight excluding hydrogens is 522 g/mol. The van der Waals surface area contributed by atoms with Crippen LogP contribution in [-0.2, 0) is 20.9 Å². The van der Waals surface area contributed by atoms with E-state index in [1.165, 1.54) is 10.5 Å². The molecule has 2 aliphatic heterocycles. The lowest BCUT2D eigenvalue weighted by molar-refractivity contribution is -0.140. The summed E-state index contributed by atoms with van der Waals surface area (Å²) in [7, 11) is 0. The summed E-state index contributed by atoms with van der Waals surface area (Å²) in [5.74, 6) is 0.0461. The third kappa shape index (κ3) is 5.36. The van der Waals surface area contributed by atoms with Crippen LogP contribution in [0.4, 0.5) is 0 Å². The number of allylic oxidation sites excluding steroid dienone is 1. The van der Waals surface area contributed by atoms with Crippen LogP contribution < -0.4 is 4.74 Å². The molecule has 0 unspecified atom stereocenters.